The molecule has 0 spiro atoms. The molecule has 60 heavy (non-hydrogen) atoms. The molecule has 4 atom stereocenters. The predicted molar refractivity (Wildman–Crippen MR) is 230 cm³/mol. The Morgan fingerprint density at radius 3 is 2.02 bits per heavy atom. The summed E-state index contributed by atoms with van der Waals surface area (Å²) >= 11 is 1.16. The summed E-state index contributed by atoms with van der Waals surface area (Å²) in [4.78, 5) is 38.7. The average Bonchev–Trinajstić information content (AvgIpc) is 3.89. The van der Waals surface area contributed by atoms with Gasteiger partial charge in [0.15, 0.2) is 11.2 Å². The lowest BCUT2D eigenvalue weighted by atomic mass is 9.80. The first-order valence-corrected chi connectivity index (χ1v) is 22.6. The van der Waals surface area contributed by atoms with E-state index in [4.69, 9.17) is 23.5 Å². The van der Waals surface area contributed by atoms with E-state index in [2.05, 4.69) is 20.3 Å². The van der Waals surface area contributed by atoms with Crippen LogP contribution in [-0.2, 0) is 24.2 Å². The van der Waals surface area contributed by atoms with E-state index in [1.54, 1.807) is 55.8 Å². The van der Waals surface area contributed by atoms with Gasteiger partial charge in [-0.1, -0.05) is 91.0 Å². The second-order valence-corrected chi connectivity index (χ2v) is 19.0. The maximum atomic E-state index is 14.3. The number of amides is 1. The number of nitrogens with one attached hydrogen (secondary N) is 2. The lowest BCUT2D eigenvalue weighted by Crippen LogP contribution is -2.38. The maximum Gasteiger partial charge on any atom is 0.280 e. The van der Waals surface area contributed by atoms with E-state index in [1.807, 2.05) is 109 Å². The standard InChI is InChI=1S/C45H42N5O8PS/c1-54-34-23-19-32(20-24-34)45(31-15-9-5-10-16-31,33-21-25-35(55-2)26-22-33)56-28-38-37(58-59(3,53)60-36-17-11-6-12-18-36)27-39(57-38)50-29-46-40-41(50)47-44(49-43(40)52)48-42(51)30-13-7-4-8-14-30/h4-26,29,37-39H,27-28H2,1-3H3,(H2,47,48,49,51,52)/t37-,38+,39+,59+/m0/s1. The van der Waals surface area contributed by atoms with Crippen LogP contribution in [0.5, 0.6) is 11.5 Å². The van der Waals surface area contributed by atoms with Crippen molar-refractivity contribution in [1.29, 1.82) is 0 Å². The summed E-state index contributed by atoms with van der Waals surface area (Å²) in [5.41, 5.74) is 1.39. The molecule has 0 bridgehead atoms. The van der Waals surface area contributed by atoms with Crippen LogP contribution in [-0.4, -0.2) is 65.1 Å². The molecular formula is C45H42N5O8PS. The fourth-order valence-corrected chi connectivity index (χ4v) is 10.7. The lowest BCUT2D eigenvalue weighted by Gasteiger charge is -2.37. The number of ether oxygens (including phenoxy) is 4. The Bertz CT molecular complexity index is 2620. The van der Waals surface area contributed by atoms with Crippen molar-refractivity contribution >= 4 is 41.0 Å². The third-order valence-corrected chi connectivity index (χ3v) is 13.5. The number of aromatic amines is 1. The molecule has 3 heterocycles. The largest absolute Gasteiger partial charge is 0.497 e. The van der Waals surface area contributed by atoms with Gasteiger partial charge in [0.05, 0.1) is 33.3 Å². The van der Waals surface area contributed by atoms with Crippen LogP contribution in [0.1, 0.15) is 39.7 Å². The second-order valence-electron chi connectivity index (χ2n) is 14.1. The Morgan fingerprint density at radius 2 is 1.42 bits per heavy atom. The topological polar surface area (TPSA) is 156 Å². The number of hydrogen-bond donors (Lipinski definition) is 2. The molecule has 0 saturated carbocycles. The highest BCUT2D eigenvalue weighted by Crippen LogP contribution is 2.62. The van der Waals surface area contributed by atoms with E-state index >= 15 is 0 Å². The van der Waals surface area contributed by atoms with E-state index in [-0.39, 0.29) is 30.1 Å². The van der Waals surface area contributed by atoms with E-state index in [0.717, 1.165) is 33.0 Å². The molecule has 8 rings (SSSR count). The summed E-state index contributed by atoms with van der Waals surface area (Å²) in [5, 5.41) is 2.68. The van der Waals surface area contributed by atoms with Crippen molar-refractivity contribution in [2.45, 2.75) is 35.4 Å². The number of imidazole rings is 1. The van der Waals surface area contributed by atoms with Crippen molar-refractivity contribution in [3.05, 3.63) is 178 Å². The monoisotopic (exact) mass is 843 g/mol. The molecule has 0 unspecified atom stereocenters. The first kappa shape index (κ1) is 40.7. The Morgan fingerprint density at radius 1 is 0.850 bits per heavy atom. The number of carbonyl (C=O) groups excluding carboxylic acids is 1. The molecule has 15 heteroatoms. The maximum absolute atomic E-state index is 14.3. The summed E-state index contributed by atoms with van der Waals surface area (Å²) in [5.74, 6) is 0.862. The van der Waals surface area contributed by atoms with Gasteiger partial charge < -0.3 is 23.5 Å². The van der Waals surface area contributed by atoms with Crippen LogP contribution >= 0.6 is 18.0 Å². The molecule has 2 N–H and O–H groups in total. The van der Waals surface area contributed by atoms with Gasteiger partial charge in [0.2, 0.25) is 5.95 Å². The van der Waals surface area contributed by atoms with Crippen molar-refractivity contribution in [2.75, 3.05) is 32.8 Å². The highest BCUT2D eigenvalue weighted by Gasteiger charge is 2.45. The second kappa shape index (κ2) is 17.7. The molecule has 1 saturated heterocycles. The van der Waals surface area contributed by atoms with Crippen LogP contribution in [0.25, 0.3) is 11.2 Å². The molecule has 306 valence electrons. The number of nitrogens with zero attached hydrogens (tertiary/aromatic N) is 3. The Kier molecular flexibility index (Phi) is 12.0. The van der Waals surface area contributed by atoms with Crippen LogP contribution in [0.4, 0.5) is 5.95 Å². The van der Waals surface area contributed by atoms with Crippen molar-refractivity contribution in [3.63, 3.8) is 0 Å². The molecule has 2 aromatic heterocycles. The molecule has 0 radical (unpaired) electrons. The highest BCUT2D eigenvalue weighted by molar-refractivity contribution is 8.56. The number of H-pyrrole nitrogens is 1. The molecular weight excluding hydrogens is 802 g/mol. The Balaban J connectivity index is 1.17. The summed E-state index contributed by atoms with van der Waals surface area (Å²) in [6.07, 6.45) is -0.644. The van der Waals surface area contributed by atoms with Gasteiger partial charge in [-0.05, 0) is 76.6 Å². The minimum atomic E-state index is -3.36. The summed E-state index contributed by atoms with van der Waals surface area (Å²) in [7, 11) is 3.24. The smallest absolute Gasteiger partial charge is 0.280 e. The number of methoxy groups -OCH3 is 2. The number of fused-ring (bicyclic) bond motifs is 1. The summed E-state index contributed by atoms with van der Waals surface area (Å²) in [6, 6.07) is 43.3. The van der Waals surface area contributed by atoms with Gasteiger partial charge in [0.25, 0.3) is 18.0 Å². The van der Waals surface area contributed by atoms with Crippen molar-refractivity contribution in [1.82, 2.24) is 19.5 Å². The minimum absolute atomic E-state index is 0.0247. The number of benzene rings is 5. The number of hydrogen-bond acceptors (Lipinski definition) is 11. The third-order valence-electron chi connectivity index (χ3n) is 10.2. The lowest BCUT2D eigenvalue weighted by molar-refractivity contribution is -0.0897. The molecule has 1 aliphatic rings. The summed E-state index contributed by atoms with van der Waals surface area (Å²) in [6.45, 7) is -1.79. The van der Waals surface area contributed by atoms with Crippen LogP contribution < -0.4 is 20.3 Å². The van der Waals surface area contributed by atoms with E-state index in [9.17, 15) is 14.2 Å². The first-order valence-electron chi connectivity index (χ1n) is 19.1. The summed E-state index contributed by atoms with van der Waals surface area (Å²) < 4.78 is 47.5. The van der Waals surface area contributed by atoms with Crippen LogP contribution in [0.3, 0.4) is 0 Å². The molecule has 13 nitrogen and oxygen atoms in total. The van der Waals surface area contributed by atoms with E-state index in [1.165, 1.54) is 6.33 Å². The van der Waals surface area contributed by atoms with Crippen molar-refractivity contribution in [3.8, 4) is 11.5 Å². The van der Waals surface area contributed by atoms with Gasteiger partial charge >= 0.3 is 0 Å². The van der Waals surface area contributed by atoms with Gasteiger partial charge in [0, 0.05) is 23.5 Å². The first-order chi connectivity index (χ1) is 29.2. The third kappa shape index (κ3) is 8.65. The van der Waals surface area contributed by atoms with Gasteiger partial charge in [-0.15, -0.1) is 0 Å². The zero-order valence-corrected chi connectivity index (χ0v) is 34.7. The van der Waals surface area contributed by atoms with Gasteiger partial charge in [-0.25, -0.2) is 4.98 Å². The van der Waals surface area contributed by atoms with E-state index in [0.29, 0.717) is 17.1 Å². The van der Waals surface area contributed by atoms with Crippen molar-refractivity contribution < 1.29 is 32.8 Å². The quantitative estimate of drug-likeness (QED) is 0.0752. The number of rotatable bonds is 15. The SMILES string of the molecule is COc1ccc(C(OC[C@H]2O[C@@H](n3cnc4c(=O)[nH]c(NC(=O)c5ccccc5)nc43)C[C@@H]2O[P@@](C)(=O)Sc2ccccc2)(c2ccccc2)c2ccc(OC)cc2)cc1. The Hall–Kier alpha value is -6.02. The van der Waals surface area contributed by atoms with E-state index < -0.39 is 42.1 Å². The fourth-order valence-electron chi connectivity index (χ4n) is 7.32. The molecule has 5 aromatic carbocycles. The van der Waals surface area contributed by atoms with Crippen molar-refractivity contribution in [2.24, 2.45) is 0 Å². The number of carbonyl (C=O) groups is 1. The average molecular weight is 844 g/mol. The fraction of sp³-hybridized carbons (Fsp3) is 0.200. The highest BCUT2D eigenvalue weighted by atomic mass is 32.7. The predicted octanol–water partition coefficient (Wildman–Crippen LogP) is 8.69. The number of aromatic nitrogens is 4. The van der Waals surface area contributed by atoms with Gasteiger partial charge in [-0.2, -0.15) is 4.98 Å². The van der Waals surface area contributed by atoms with Crippen LogP contribution in [0.2, 0.25) is 0 Å². The van der Waals surface area contributed by atoms with Crippen LogP contribution in [0.15, 0.2) is 156 Å². The molecule has 7 aromatic rings. The Labute approximate surface area is 350 Å². The molecule has 1 amide bonds. The molecule has 1 fully saturated rings. The zero-order chi connectivity index (χ0) is 41.7. The normalized spacial score (nSPS) is 17.6. The number of anilines is 1. The van der Waals surface area contributed by atoms with Crippen LogP contribution in [0, 0.1) is 0 Å². The molecule has 0 aliphatic carbocycles. The van der Waals surface area contributed by atoms with Gasteiger partial charge in [-0.3, -0.25) is 29.0 Å². The van der Waals surface area contributed by atoms with Gasteiger partial charge in [0.1, 0.15) is 29.4 Å². The minimum Gasteiger partial charge on any atom is -0.497 e. The zero-order valence-electron chi connectivity index (χ0n) is 33.0. The molecule has 1 aliphatic heterocycles.